The Kier molecular flexibility index (Phi) is 5.53. The maximum Gasteiger partial charge on any atom is 0.325 e. The number of hydrogen-bond donors (Lipinski definition) is 2. The molecule has 128 valence electrons. The first-order chi connectivity index (χ1) is 12.0. The molecule has 1 atom stereocenters. The summed E-state index contributed by atoms with van der Waals surface area (Å²) < 4.78 is 0. The second-order valence-electron chi connectivity index (χ2n) is 5.28. The molecular formula is C17H14Cl2N4OS. The van der Waals surface area contributed by atoms with Crippen molar-refractivity contribution in [3.8, 4) is 0 Å². The highest BCUT2D eigenvalue weighted by molar-refractivity contribution is 7.15. The number of carbonyl (C=O) groups excluding carboxylic acids is 1. The summed E-state index contributed by atoms with van der Waals surface area (Å²) in [5, 5.41) is 15.6. The first kappa shape index (κ1) is 17.7. The van der Waals surface area contributed by atoms with Gasteiger partial charge in [0.2, 0.25) is 5.13 Å². The fourth-order valence-corrected chi connectivity index (χ4v) is 3.34. The molecule has 5 nitrogen and oxygen atoms in total. The van der Waals surface area contributed by atoms with Gasteiger partial charge in [-0.15, -0.1) is 10.2 Å². The molecule has 1 unspecified atom stereocenters. The van der Waals surface area contributed by atoms with Crippen molar-refractivity contribution in [1.82, 2.24) is 10.2 Å². The van der Waals surface area contributed by atoms with Gasteiger partial charge >= 0.3 is 6.03 Å². The van der Waals surface area contributed by atoms with Crippen LogP contribution in [0.1, 0.15) is 23.4 Å². The van der Waals surface area contributed by atoms with Crippen LogP contribution in [0.3, 0.4) is 0 Å². The summed E-state index contributed by atoms with van der Waals surface area (Å²) in [5.41, 5.74) is 1.56. The second-order valence-corrected chi connectivity index (χ2v) is 7.13. The van der Waals surface area contributed by atoms with Crippen LogP contribution in [0.2, 0.25) is 10.0 Å². The second kappa shape index (κ2) is 7.82. The molecule has 8 heteroatoms. The molecule has 0 saturated carbocycles. The number of nitrogens with one attached hydrogen (secondary N) is 2. The zero-order valence-corrected chi connectivity index (χ0v) is 15.5. The Balaban J connectivity index is 1.67. The number of aromatic nitrogens is 2. The topological polar surface area (TPSA) is 66.9 Å². The molecule has 0 radical (unpaired) electrons. The number of hydrogen-bond acceptors (Lipinski definition) is 4. The minimum atomic E-state index is -0.459. The van der Waals surface area contributed by atoms with E-state index < -0.39 is 6.03 Å². The Morgan fingerprint density at radius 2 is 1.84 bits per heavy atom. The number of nitrogens with zero attached hydrogens (tertiary/aromatic N) is 2. The number of benzene rings is 2. The normalized spacial score (nSPS) is 11.8. The first-order valence-electron chi connectivity index (χ1n) is 7.44. The monoisotopic (exact) mass is 392 g/mol. The van der Waals surface area contributed by atoms with Crippen molar-refractivity contribution in [2.75, 3.05) is 10.6 Å². The third kappa shape index (κ3) is 4.48. The van der Waals surface area contributed by atoms with E-state index in [4.69, 9.17) is 23.2 Å². The largest absolute Gasteiger partial charge is 0.325 e. The van der Waals surface area contributed by atoms with Gasteiger partial charge in [0, 0.05) is 10.9 Å². The summed E-state index contributed by atoms with van der Waals surface area (Å²) in [6, 6.07) is 14.4. The fraction of sp³-hybridized carbons (Fsp3) is 0.118. The Labute approximate surface area is 159 Å². The van der Waals surface area contributed by atoms with Crippen LogP contribution in [-0.2, 0) is 0 Å². The predicted molar refractivity (Wildman–Crippen MR) is 103 cm³/mol. The van der Waals surface area contributed by atoms with E-state index >= 15 is 0 Å². The molecule has 0 aliphatic rings. The molecule has 0 bridgehead atoms. The molecule has 0 aliphatic heterocycles. The third-order valence-electron chi connectivity index (χ3n) is 3.51. The molecular weight excluding hydrogens is 379 g/mol. The molecule has 25 heavy (non-hydrogen) atoms. The standard InChI is InChI=1S/C17H14Cl2N4OS/c1-10(11-5-3-2-4-6-11)15-22-23-17(25-15)21-16(24)20-14-9-12(18)7-8-13(14)19/h2-10H,1H3,(H2,20,21,23,24). The zero-order valence-electron chi connectivity index (χ0n) is 13.2. The van der Waals surface area contributed by atoms with Crippen LogP contribution in [-0.4, -0.2) is 16.2 Å². The fourth-order valence-electron chi connectivity index (χ4n) is 2.19. The zero-order chi connectivity index (χ0) is 17.8. The van der Waals surface area contributed by atoms with Gasteiger partial charge in [-0.1, -0.05) is 71.8 Å². The molecule has 3 rings (SSSR count). The van der Waals surface area contributed by atoms with E-state index in [9.17, 15) is 4.79 Å². The highest BCUT2D eigenvalue weighted by Crippen LogP contribution is 2.29. The quantitative estimate of drug-likeness (QED) is 0.603. The molecule has 0 fully saturated rings. The number of amides is 2. The van der Waals surface area contributed by atoms with E-state index in [0.717, 1.165) is 10.6 Å². The van der Waals surface area contributed by atoms with Crippen molar-refractivity contribution in [3.05, 3.63) is 69.1 Å². The average molecular weight is 393 g/mol. The van der Waals surface area contributed by atoms with Crippen molar-refractivity contribution in [2.24, 2.45) is 0 Å². The van der Waals surface area contributed by atoms with Crippen LogP contribution in [0.5, 0.6) is 0 Å². The maximum absolute atomic E-state index is 12.1. The van der Waals surface area contributed by atoms with Crippen molar-refractivity contribution >= 4 is 51.4 Å². The smallest absolute Gasteiger partial charge is 0.306 e. The third-order valence-corrected chi connectivity index (χ3v) is 5.09. The number of halogens is 2. The molecule has 0 spiro atoms. The van der Waals surface area contributed by atoms with Crippen LogP contribution in [0.25, 0.3) is 0 Å². The number of anilines is 2. The lowest BCUT2D eigenvalue weighted by molar-refractivity contribution is 0.262. The lowest BCUT2D eigenvalue weighted by Gasteiger charge is -2.08. The van der Waals surface area contributed by atoms with Crippen LogP contribution in [0.15, 0.2) is 48.5 Å². The van der Waals surface area contributed by atoms with Crippen LogP contribution >= 0.6 is 34.5 Å². The van der Waals surface area contributed by atoms with Gasteiger partial charge in [-0.3, -0.25) is 5.32 Å². The Morgan fingerprint density at radius 3 is 2.60 bits per heavy atom. The van der Waals surface area contributed by atoms with E-state index in [2.05, 4.69) is 20.8 Å². The van der Waals surface area contributed by atoms with Crippen LogP contribution in [0, 0.1) is 0 Å². The summed E-state index contributed by atoms with van der Waals surface area (Å²) in [7, 11) is 0. The van der Waals surface area contributed by atoms with Crippen molar-refractivity contribution in [2.45, 2.75) is 12.8 Å². The van der Waals surface area contributed by atoms with E-state index in [-0.39, 0.29) is 5.92 Å². The Hall–Kier alpha value is -2.15. The summed E-state index contributed by atoms with van der Waals surface area (Å²) in [5.74, 6) is 0.0969. The summed E-state index contributed by atoms with van der Waals surface area (Å²) in [4.78, 5) is 12.1. The van der Waals surface area contributed by atoms with Crippen molar-refractivity contribution in [3.63, 3.8) is 0 Å². The molecule has 2 amide bonds. The molecule has 1 aromatic heterocycles. The van der Waals surface area contributed by atoms with E-state index in [1.807, 2.05) is 37.3 Å². The summed E-state index contributed by atoms with van der Waals surface area (Å²) >= 11 is 13.3. The van der Waals surface area contributed by atoms with Gasteiger partial charge in [0.05, 0.1) is 10.7 Å². The Morgan fingerprint density at radius 1 is 1.08 bits per heavy atom. The predicted octanol–water partition coefficient (Wildman–Crippen LogP) is 5.64. The van der Waals surface area contributed by atoms with Crippen molar-refractivity contribution in [1.29, 1.82) is 0 Å². The van der Waals surface area contributed by atoms with Gasteiger partial charge in [-0.25, -0.2) is 4.79 Å². The van der Waals surface area contributed by atoms with Gasteiger partial charge in [0.15, 0.2) is 0 Å². The number of carbonyl (C=O) groups is 1. The molecule has 1 heterocycles. The lowest BCUT2D eigenvalue weighted by Crippen LogP contribution is -2.19. The van der Waals surface area contributed by atoms with Gasteiger partial charge in [0.25, 0.3) is 0 Å². The van der Waals surface area contributed by atoms with E-state index in [0.29, 0.717) is 20.9 Å². The van der Waals surface area contributed by atoms with E-state index in [1.54, 1.807) is 18.2 Å². The van der Waals surface area contributed by atoms with Gasteiger partial charge in [-0.2, -0.15) is 0 Å². The SMILES string of the molecule is CC(c1ccccc1)c1nnc(NC(=O)Nc2cc(Cl)ccc2Cl)s1. The van der Waals surface area contributed by atoms with Crippen LogP contribution < -0.4 is 10.6 Å². The Bertz CT molecular complexity index is 885. The van der Waals surface area contributed by atoms with Crippen LogP contribution in [0.4, 0.5) is 15.6 Å². The average Bonchev–Trinajstić information content (AvgIpc) is 3.06. The number of rotatable bonds is 4. The maximum atomic E-state index is 12.1. The highest BCUT2D eigenvalue weighted by atomic mass is 35.5. The molecule has 0 saturated heterocycles. The molecule has 0 aliphatic carbocycles. The molecule has 3 aromatic rings. The number of urea groups is 1. The van der Waals surface area contributed by atoms with Gasteiger partial charge < -0.3 is 5.32 Å². The van der Waals surface area contributed by atoms with E-state index in [1.165, 1.54) is 11.3 Å². The summed E-state index contributed by atoms with van der Waals surface area (Å²) in [6.45, 7) is 2.05. The van der Waals surface area contributed by atoms with Gasteiger partial charge in [-0.05, 0) is 23.8 Å². The van der Waals surface area contributed by atoms with Crippen molar-refractivity contribution < 1.29 is 4.79 Å². The minimum absolute atomic E-state index is 0.0969. The van der Waals surface area contributed by atoms with Gasteiger partial charge in [0.1, 0.15) is 5.01 Å². The molecule has 2 aromatic carbocycles. The minimum Gasteiger partial charge on any atom is -0.306 e. The molecule has 2 N–H and O–H groups in total. The summed E-state index contributed by atoms with van der Waals surface area (Å²) in [6.07, 6.45) is 0. The lowest BCUT2D eigenvalue weighted by atomic mass is 10.0. The first-order valence-corrected chi connectivity index (χ1v) is 9.01. The highest BCUT2D eigenvalue weighted by Gasteiger charge is 2.15.